The van der Waals surface area contributed by atoms with Crippen LogP contribution in [0.1, 0.15) is 0 Å². The molecule has 0 aliphatic rings. The smallest absolute Gasteiger partial charge is 0.182 e. The van der Waals surface area contributed by atoms with Crippen molar-refractivity contribution >= 4 is 55.1 Å². The molecule has 0 spiro atoms. The lowest BCUT2D eigenvalue weighted by Crippen LogP contribution is -1.96. The summed E-state index contributed by atoms with van der Waals surface area (Å²) in [6.45, 7) is 0. The van der Waals surface area contributed by atoms with Crippen LogP contribution in [0.4, 0.5) is 8.78 Å². The summed E-state index contributed by atoms with van der Waals surface area (Å²) in [5.41, 5.74) is 1.92. The van der Waals surface area contributed by atoms with E-state index in [0.717, 1.165) is 0 Å². The Morgan fingerprint density at radius 2 is 1.80 bits per heavy atom. The van der Waals surface area contributed by atoms with Crippen molar-refractivity contribution in [3.8, 4) is 5.69 Å². The number of hydrogen-bond donors (Lipinski definition) is 1. The Kier molecular flexibility index (Phi) is 3.51. The van der Waals surface area contributed by atoms with Gasteiger partial charge in [-0.1, -0.05) is 0 Å². The van der Waals surface area contributed by atoms with Gasteiger partial charge in [0.15, 0.2) is 4.77 Å². The van der Waals surface area contributed by atoms with Crippen LogP contribution in [-0.2, 0) is 0 Å². The van der Waals surface area contributed by atoms with Gasteiger partial charge >= 0.3 is 0 Å². The number of imidazole rings is 1. The number of nitrogens with zero attached hydrogens (tertiary/aromatic N) is 1. The van der Waals surface area contributed by atoms with Crippen molar-refractivity contribution in [3.63, 3.8) is 0 Å². The molecular weight excluding hydrogens is 414 g/mol. The number of aromatic nitrogens is 2. The second kappa shape index (κ2) is 5.05. The van der Waals surface area contributed by atoms with E-state index in [1.807, 2.05) is 0 Å². The Balaban J connectivity index is 2.39. The number of fused-ring (bicyclic) bond motifs is 1. The highest BCUT2D eigenvalue weighted by Gasteiger charge is 2.12. The predicted octanol–water partition coefficient (Wildman–Crippen LogP) is 5.49. The first kappa shape index (κ1) is 13.9. The van der Waals surface area contributed by atoms with Crippen LogP contribution in [0.2, 0.25) is 0 Å². The average molecular weight is 420 g/mol. The zero-order valence-electron chi connectivity index (χ0n) is 9.75. The van der Waals surface area contributed by atoms with Crippen molar-refractivity contribution in [2.45, 2.75) is 0 Å². The van der Waals surface area contributed by atoms with Crippen molar-refractivity contribution in [2.24, 2.45) is 0 Å². The maximum Gasteiger partial charge on any atom is 0.182 e. The third kappa shape index (κ3) is 2.23. The van der Waals surface area contributed by atoms with E-state index in [-0.39, 0.29) is 5.82 Å². The lowest BCUT2D eigenvalue weighted by atomic mass is 10.2. The van der Waals surface area contributed by atoms with Gasteiger partial charge in [0, 0.05) is 10.5 Å². The van der Waals surface area contributed by atoms with Crippen LogP contribution in [0.3, 0.4) is 0 Å². The molecule has 1 heterocycles. The summed E-state index contributed by atoms with van der Waals surface area (Å²) in [7, 11) is 0. The van der Waals surface area contributed by atoms with Crippen LogP contribution < -0.4 is 0 Å². The minimum atomic E-state index is -0.390. The third-order valence-electron chi connectivity index (χ3n) is 2.87. The van der Waals surface area contributed by atoms with Gasteiger partial charge in [0.05, 0.1) is 21.2 Å². The molecule has 1 N–H and O–H groups in total. The van der Waals surface area contributed by atoms with Crippen LogP contribution in [0.15, 0.2) is 39.3 Å². The summed E-state index contributed by atoms with van der Waals surface area (Å²) in [6, 6.07) is 7.25. The summed E-state index contributed by atoms with van der Waals surface area (Å²) < 4.78 is 29.9. The lowest BCUT2D eigenvalue weighted by Gasteiger charge is -2.07. The second-order valence-electron chi connectivity index (χ2n) is 4.14. The van der Waals surface area contributed by atoms with Gasteiger partial charge in [0.2, 0.25) is 0 Å². The van der Waals surface area contributed by atoms with Crippen molar-refractivity contribution in [3.05, 3.63) is 55.7 Å². The predicted molar refractivity (Wildman–Crippen MR) is 83.8 cm³/mol. The first-order chi connectivity index (χ1) is 9.47. The molecule has 0 radical (unpaired) electrons. The average Bonchev–Trinajstić information content (AvgIpc) is 2.66. The zero-order chi connectivity index (χ0) is 14.4. The SMILES string of the molecule is Fc1ccc(-n2c(=S)[nH]c3cc(Br)c(F)cc32)c(Br)c1. The lowest BCUT2D eigenvalue weighted by molar-refractivity contribution is 0.622. The van der Waals surface area contributed by atoms with Gasteiger partial charge in [-0.05, 0) is 68.3 Å². The molecule has 0 fully saturated rings. The molecule has 0 bridgehead atoms. The standard InChI is InChI=1S/C13H6Br2F2N2S/c14-7-4-10-12(5-9(7)17)19(13(20)18-10)11-2-1-6(16)3-8(11)15/h1-5H,(H,18,20). The molecule has 3 aromatic rings. The number of halogens is 4. The van der Waals surface area contributed by atoms with Crippen LogP contribution in [-0.4, -0.2) is 9.55 Å². The van der Waals surface area contributed by atoms with Crippen LogP contribution in [0.5, 0.6) is 0 Å². The minimum Gasteiger partial charge on any atom is -0.330 e. The molecular formula is C13H6Br2F2N2S. The van der Waals surface area contributed by atoms with Crippen LogP contribution >= 0.6 is 44.1 Å². The molecule has 3 rings (SSSR count). The van der Waals surface area contributed by atoms with Gasteiger partial charge in [-0.3, -0.25) is 4.57 Å². The first-order valence-electron chi connectivity index (χ1n) is 5.52. The Morgan fingerprint density at radius 1 is 1.05 bits per heavy atom. The molecule has 102 valence electrons. The number of H-pyrrole nitrogens is 1. The molecule has 20 heavy (non-hydrogen) atoms. The Bertz CT molecular complexity index is 886. The zero-order valence-corrected chi connectivity index (χ0v) is 13.7. The molecule has 0 saturated heterocycles. The number of hydrogen-bond acceptors (Lipinski definition) is 1. The molecule has 0 aliphatic carbocycles. The Hall–Kier alpha value is -1.05. The number of rotatable bonds is 1. The number of nitrogens with one attached hydrogen (secondary N) is 1. The fraction of sp³-hybridized carbons (Fsp3) is 0. The van der Waals surface area contributed by atoms with Crippen molar-refractivity contribution in [1.29, 1.82) is 0 Å². The van der Waals surface area contributed by atoms with Crippen molar-refractivity contribution in [2.75, 3.05) is 0 Å². The summed E-state index contributed by atoms with van der Waals surface area (Å²) in [5.74, 6) is -0.751. The van der Waals surface area contributed by atoms with E-state index in [1.165, 1.54) is 18.2 Å². The van der Waals surface area contributed by atoms with Gasteiger partial charge < -0.3 is 4.98 Å². The highest BCUT2D eigenvalue weighted by Crippen LogP contribution is 2.29. The Labute approximate surface area is 134 Å². The molecule has 2 aromatic carbocycles. The molecule has 2 nitrogen and oxygen atoms in total. The van der Waals surface area contributed by atoms with Gasteiger partial charge in [-0.15, -0.1) is 0 Å². The van der Waals surface area contributed by atoms with Gasteiger partial charge in [0.1, 0.15) is 11.6 Å². The van der Waals surface area contributed by atoms with E-state index in [2.05, 4.69) is 36.8 Å². The van der Waals surface area contributed by atoms with Gasteiger partial charge in [-0.25, -0.2) is 8.78 Å². The monoisotopic (exact) mass is 418 g/mol. The molecule has 0 unspecified atom stereocenters. The van der Waals surface area contributed by atoms with Crippen LogP contribution in [0.25, 0.3) is 16.7 Å². The van der Waals surface area contributed by atoms with E-state index >= 15 is 0 Å². The normalized spacial score (nSPS) is 11.2. The van der Waals surface area contributed by atoms with E-state index in [1.54, 1.807) is 16.7 Å². The van der Waals surface area contributed by atoms with Gasteiger partial charge in [-0.2, -0.15) is 0 Å². The first-order valence-corrected chi connectivity index (χ1v) is 7.52. The maximum atomic E-state index is 13.7. The van der Waals surface area contributed by atoms with E-state index in [0.29, 0.717) is 30.4 Å². The highest BCUT2D eigenvalue weighted by molar-refractivity contribution is 9.10. The molecule has 0 saturated carbocycles. The van der Waals surface area contributed by atoms with Gasteiger partial charge in [0.25, 0.3) is 0 Å². The van der Waals surface area contributed by atoms with Crippen molar-refractivity contribution in [1.82, 2.24) is 9.55 Å². The third-order valence-corrected chi connectivity index (χ3v) is 4.40. The summed E-state index contributed by atoms with van der Waals surface area (Å²) >= 11 is 11.7. The number of benzene rings is 2. The summed E-state index contributed by atoms with van der Waals surface area (Å²) in [6.07, 6.45) is 0. The molecule has 0 atom stereocenters. The van der Waals surface area contributed by atoms with Crippen LogP contribution in [0, 0.1) is 16.4 Å². The largest absolute Gasteiger partial charge is 0.330 e. The molecule has 0 aliphatic heterocycles. The fourth-order valence-corrected chi connectivity index (χ4v) is 3.18. The van der Waals surface area contributed by atoms with E-state index in [4.69, 9.17) is 12.2 Å². The topological polar surface area (TPSA) is 20.7 Å². The second-order valence-corrected chi connectivity index (χ2v) is 6.24. The Morgan fingerprint density at radius 3 is 2.50 bits per heavy atom. The van der Waals surface area contributed by atoms with Crippen molar-refractivity contribution < 1.29 is 8.78 Å². The minimum absolute atomic E-state index is 0.353. The van der Waals surface area contributed by atoms with E-state index < -0.39 is 5.82 Å². The molecule has 0 amide bonds. The quantitative estimate of drug-likeness (QED) is 0.517. The number of aromatic amines is 1. The van der Waals surface area contributed by atoms with E-state index in [9.17, 15) is 8.78 Å². The fourth-order valence-electron chi connectivity index (χ4n) is 2.00. The summed E-state index contributed by atoms with van der Waals surface area (Å²) in [4.78, 5) is 3.00. The highest BCUT2D eigenvalue weighted by atomic mass is 79.9. The molecule has 1 aromatic heterocycles. The maximum absolute atomic E-state index is 13.7. The summed E-state index contributed by atoms with van der Waals surface area (Å²) in [5, 5.41) is 0. The molecule has 7 heteroatoms.